The summed E-state index contributed by atoms with van der Waals surface area (Å²) < 4.78 is 11.0. The normalized spacial score (nSPS) is 15.8. The molecule has 1 aliphatic rings. The minimum Gasteiger partial charge on any atom is -0.493 e. The summed E-state index contributed by atoms with van der Waals surface area (Å²) in [6, 6.07) is 3.50. The predicted octanol–water partition coefficient (Wildman–Crippen LogP) is 3.72. The second kappa shape index (κ2) is 6.35. The molecule has 1 N–H and O–H groups in total. The Balaban J connectivity index is 2.47. The van der Waals surface area contributed by atoms with Crippen LogP contribution in [0.15, 0.2) is 12.1 Å². The number of hydrogen-bond donors (Lipinski definition) is 1. The molecule has 0 bridgehead atoms. The van der Waals surface area contributed by atoms with Crippen molar-refractivity contribution in [3.05, 3.63) is 22.7 Å². The van der Waals surface area contributed by atoms with E-state index in [1.165, 1.54) is 0 Å². The van der Waals surface area contributed by atoms with Crippen molar-refractivity contribution in [2.75, 3.05) is 13.7 Å². The maximum absolute atomic E-state index is 11.1. The molecule has 1 fully saturated rings. The van der Waals surface area contributed by atoms with E-state index in [9.17, 15) is 4.79 Å². The van der Waals surface area contributed by atoms with Gasteiger partial charge in [0.15, 0.2) is 11.5 Å². The van der Waals surface area contributed by atoms with E-state index >= 15 is 0 Å². The molecule has 5 heteroatoms. The van der Waals surface area contributed by atoms with Crippen LogP contribution in [-0.4, -0.2) is 24.8 Å². The topological polar surface area (TPSA) is 55.8 Å². The summed E-state index contributed by atoms with van der Waals surface area (Å²) >= 11 is 6.32. The number of carboxylic acid groups (broad SMARTS) is 1. The number of carboxylic acids is 1. The zero-order valence-electron chi connectivity index (χ0n) is 11.7. The Bertz CT molecular complexity index is 497. The van der Waals surface area contributed by atoms with E-state index in [-0.39, 0.29) is 12.3 Å². The van der Waals surface area contributed by atoms with Crippen LogP contribution in [0.5, 0.6) is 11.5 Å². The number of methoxy groups -OCH3 is 1. The lowest BCUT2D eigenvalue weighted by Crippen LogP contribution is -2.11. The third-order valence-corrected chi connectivity index (χ3v) is 3.90. The number of benzene rings is 1. The van der Waals surface area contributed by atoms with Gasteiger partial charge < -0.3 is 14.6 Å². The summed E-state index contributed by atoms with van der Waals surface area (Å²) in [5.41, 5.74) is 0.776. The largest absolute Gasteiger partial charge is 0.493 e. The Morgan fingerprint density at radius 3 is 2.70 bits per heavy atom. The maximum Gasteiger partial charge on any atom is 0.303 e. The number of carbonyl (C=O) groups is 1. The zero-order valence-corrected chi connectivity index (χ0v) is 12.4. The first-order valence-electron chi connectivity index (χ1n) is 6.79. The maximum atomic E-state index is 11.1. The number of aliphatic carboxylic acids is 1. The van der Waals surface area contributed by atoms with Crippen molar-refractivity contribution in [2.24, 2.45) is 5.92 Å². The molecule has 1 atom stereocenters. The molecule has 1 aliphatic carbocycles. The monoisotopic (exact) mass is 298 g/mol. The molecule has 0 aromatic heterocycles. The van der Waals surface area contributed by atoms with Crippen LogP contribution >= 0.6 is 11.6 Å². The second-order valence-corrected chi connectivity index (χ2v) is 5.37. The first-order chi connectivity index (χ1) is 9.58. The van der Waals surface area contributed by atoms with Crippen LogP contribution in [-0.2, 0) is 4.79 Å². The van der Waals surface area contributed by atoms with Gasteiger partial charge in [0.1, 0.15) is 0 Å². The van der Waals surface area contributed by atoms with E-state index in [0.717, 1.165) is 18.4 Å². The fourth-order valence-corrected chi connectivity index (χ4v) is 2.84. The molecule has 0 heterocycles. The number of halogens is 1. The van der Waals surface area contributed by atoms with Crippen LogP contribution < -0.4 is 9.47 Å². The van der Waals surface area contributed by atoms with Gasteiger partial charge in [0.2, 0.25) is 0 Å². The molecule has 0 saturated heterocycles. The lowest BCUT2D eigenvalue weighted by atomic mass is 9.90. The molecule has 1 saturated carbocycles. The highest BCUT2D eigenvalue weighted by Crippen LogP contribution is 2.51. The molecule has 1 aromatic carbocycles. The third kappa shape index (κ3) is 3.18. The molecule has 20 heavy (non-hydrogen) atoms. The van der Waals surface area contributed by atoms with Gasteiger partial charge in [-0.1, -0.05) is 11.6 Å². The van der Waals surface area contributed by atoms with Crippen LogP contribution in [0.1, 0.15) is 37.7 Å². The van der Waals surface area contributed by atoms with Crippen molar-refractivity contribution < 1.29 is 19.4 Å². The first-order valence-corrected chi connectivity index (χ1v) is 7.17. The summed E-state index contributed by atoms with van der Waals surface area (Å²) in [4.78, 5) is 11.1. The Hall–Kier alpha value is -1.42. The minimum absolute atomic E-state index is 0.0671. The van der Waals surface area contributed by atoms with Crippen molar-refractivity contribution in [1.82, 2.24) is 0 Å². The van der Waals surface area contributed by atoms with E-state index in [1.807, 2.05) is 6.92 Å². The van der Waals surface area contributed by atoms with E-state index in [2.05, 4.69) is 0 Å². The van der Waals surface area contributed by atoms with E-state index in [4.69, 9.17) is 26.2 Å². The van der Waals surface area contributed by atoms with Crippen molar-refractivity contribution in [3.63, 3.8) is 0 Å². The summed E-state index contributed by atoms with van der Waals surface area (Å²) in [5, 5.41) is 9.69. The van der Waals surface area contributed by atoms with E-state index in [1.54, 1.807) is 19.2 Å². The average molecular weight is 299 g/mol. The van der Waals surface area contributed by atoms with Crippen molar-refractivity contribution >= 4 is 17.6 Å². The average Bonchev–Trinajstić information content (AvgIpc) is 3.21. The van der Waals surface area contributed by atoms with Gasteiger partial charge in [0.05, 0.1) is 20.1 Å². The van der Waals surface area contributed by atoms with Crippen LogP contribution in [0.25, 0.3) is 0 Å². The van der Waals surface area contributed by atoms with Gasteiger partial charge in [-0.25, -0.2) is 0 Å². The fourth-order valence-electron chi connectivity index (χ4n) is 2.55. The van der Waals surface area contributed by atoms with E-state index < -0.39 is 5.97 Å². The SMILES string of the molecule is CCOc1c(OC)ccc(Cl)c1C(CC(=O)O)C1CC1. The molecule has 2 rings (SSSR count). The van der Waals surface area contributed by atoms with Crippen LogP contribution in [0.2, 0.25) is 5.02 Å². The molecule has 1 aromatic rings. The van der Waals surface area contributed by atoms with Gasteiger partial charge in [0, 0.05) is 16.5 Å². The molecule has 0 spiro atoms. The Labute approximate surface area is 123 Å². The van der Waals surface area contributed by atoms with Crippen LogP contribution in [0.4, 0.5) is 0 Å². The Kier molecular flexibility index (Phi) is 4.76. The van der Waals surface area contributed by atoms with Gasteiger partial charge in [-0.2, -0.15) is 0 Å². The van der Waals surface area contributed by atoms with Crippen LogP contribution in [0.3, 0.4) is 0 Å². The third-order valence-electron chi connectivity index (χ3n) is 3.57. The minimum atomic E-state index is -0.816. The molecule has 0 amide bonds. The smallest absolute Gasteiger partial charge is 0.303 e. The van der Waals surface area contributed by atoms with Crippen molar-refractivity contribution in [2.45, 2.75) is 32.1 Å². The lowest BCUT2D eigenvalue weighted by Gasteiger charge is -2.22. The predicted molar refractivity (Wildman–Crippen MR) is 76.9 cm³/mol. The number of rotatable bonds is 7. The summed E-state index contributed by atoms with van der Waals surface area (Å²) in [6.07, 6.45) is 2.14. The van der Waals surface area contributed by atoms with Crippen LogP contribution in [0, 0.1) is 5.92 Å². The quantitative estimate of drug-likeness (QED) is 0.833. The number of hydrogen-bond acceptors (Lipinski definition) is 3. The standard InChI is InChI=1S/C15H19ClO4/c1-3-20-15-12(19-2)7-6-11(16)14(15)10(8-13(17)18)9-4-5-9/h6-7,9-10H,3-5,8H2,1-2H3,(H,17,18). The zero-order chi connectivity index (χ0) is 14.7. The molecular weight excluding hydrogens is 280 g/mol. The first kappa shape index (κ1) is 15.0. The fraction of sp³-hybridized carbons (Fsp3) is 0.533. The second-order valence-electron chi connectivity index (χ2n) is 4.97. The van der Waals surface area contributed by atoms with Gasteiger partial charge in [-0.05, 0) is 37.8 Å². The molecular formula is C15H19ClO4. The molecule has 110 valence electrons. The molecule has 0 radical (unpaired) electrons. The summed E-state index contributed by atoms with van der Waals surface area (Å²) in [5.74, 6) is 0.623. The lowest BCUT2D eigenvalue weighted by molar-refractivity contribution is -0.137. The van der Waals surface area contributed by atoms with Gasteiger partial charge >= 0.3 is 5.97 Å². The summed E-state index contributed by atoms with van der Waals surface area (Å²) in [6.45, 7) is 2.36. The van der Waals surface area contributed by atoms with Crippen molar-refractivity contribution in [1.29, 1.82) is 0 Å². The van der Waals surface area contributed by atoms with Gasteiger partial charge in [-0.3, -0.25) is 4.79 Å². The molecule has 0 aliphatic heterocycles. The number of ether oxygens (including phenoxy) is 2. The summed E-state index contributed by atoms with van der Waals surface area (Å²) in [7, 11) is 1.57. The van der Waals surface area contributed by atoms with Crippen molar-refractivity contribution in [3.8, 4) is 11.5 Å². The van der Waals surface area contributed by atoms with Gasteiger partial charge in [-0.15, -0.1) is 0 Å². The Morgan fingerprint density at radius 2 is 2.20 bits per heavy atom. The van der Waals surface area contributed by atoms with Gasteiger partial charge in [0.25, 0.3) is 0 Å². The highest BCUT2D eigenvalue weighted by Gasteiger charge is 2.37. The molecule has 4 nitrogen and oxygen atoms in total. The van der Waals surface area contributed by atoms with E-state index in [0.29, 0.717) is 29.0 Å². The highest BCUT2D eigenvalue weighted by atomic mass is 35.5. The highest BCUT2D eigenvalue weighted by molar-refractivity contribution is 6.31. The Morgan fingerprint density at radius 1 is 1.50 bits per heavy atom. The molecule has 1 unspecified atom stereocenters.